The SMILES string of the molecule is Cc1cccc(-c2c(C(=O)O)nnn2-c2cc(F)c(F)c(F)c2)c1. The molecule has 0 unspecified atom stereocenters. The molecule has 1 aromatic heterocycles. The molecule has 0 amide bonds. The molecule has 0 saturated heterocycles. The van der Waals surface area contributed by atoms with Crippen molar-refractivity contribution in [2.45, 2.75) is 6.92 Å². The maximum Gasteiger partial charge on any atom is 0.358 e. The summed E-state index contributed by atoms with van der Waals surface area (Å²) in [7, 11) is 0. The van der Waals surface area contributed by atoms with Crippen molar-refractivity contribution < 1.29 is 23.1 Å². The monoisotopic (exact) mass is 333 g/mol. The third-order valence-corrected chi connectivity index (χ3v) is 3.38. The summed E-state index contributed by atoms with van der Waals surface area (Å²) in [6.45, 7) is 1.80. The number of hydrogen-bond acceptors (Lipinski definition) is 3. The molecule has 1 heterocycles. The van der Waals surface area contributed by atoms with Gasteiger partial charge in [0, 0.05) is 17.7 Å². The predicted octanol–water partition coefficient (Wildman–Crippen LogP) is 3.36. The number of nitrogens with zero attached hydrogens (tertiary/aromatic N) is 3. The molecule has 0 atom stereocenters. The van der Waals surface area contributed by atoms with Crippen LogP contribution in [0.3, 0.4) is 0 Å². The number of carbonyl (C=O) groups is 1. The topological polar surface area (TPSA) is 68.0 Å². The van der Waals surface area contributed by atoms with E-state index in [4.69, 9.17) is 0 Å². The van der Waals surface area contributed by atoms with E-state index in [2.05, 4.69) is 10.3 Å². The van der Waals surface area contributed by atoms with Crippen LogP contribution < -0.4 is 0 Å². The quantitative estimate of drug-likeness (QED) is 0.746. The Kier molecular flexibility index (Phi) is 3.80. The second-order valence-electron chi connectivity index (χ2n) is 5.10. The Balaban J connectivity index is 2.29. The standard InChI is InChI=1S/C16H10F3N3O2/c1-8-3-2-4-9(5-8)15-14(16(23)24)20-21-22(15)10-6-11(17)13(19)12(18)7-10/h2-7H,1H3,(H,23,24). The van der Waals surface area contributed by atoms with E-state index in [0.29, 0.717) is 5.56 Å². The average Bonchev–Trinajstić information content (AvgIpc) is 2.97. The lowest BCUT2D eigenvalue weighted by atomic mass is 10.1. The van der Waals surface area contributed by atoms with Gasteiger partial charge < -0.3 is 5.11 Å². The molecular formula is C16H10F3N3O2. The summed E-state index contributed by atoms with van der Waals surface area (Å²) < 4.78 is 41.1. The molecule has 0 fully saturated rings. The van der Waals surface area contributed by atoms with Crippen molar-refractivity contribution in [2.75, 3.05) is 0 Å². The van der Waals surface area contributed by atoms with Crippen LogP contribution in [0.5, 0.6) is 0 Å². The van der Waals surface area contributed by atoms with Crippen LogP contribution in [0, 0.1) is 24.4 Å². The summed E-state index contributed by atoms with van der Waals surface area (Å²) in [5.41, 5.74) is 0.765. The lowest BCUT2D eigenvalue weighted by Crippen LogP contribution is -2.05. The van der Waals surface area contributed by atoms with Gasteiger partial charge in [-0.05, 0) is 13.0 Å². The maximum atomic E-state index is 13.5. The van der Waals surface area contributed by atoms with Crippen molar-refractivity contribution >= 4 is 5.97 Å². The number of carboxylic acid groups (broad SMARTS) is 1. The predicted molar refractivity (Wildman–Crippen MR) is 78.4 cm³/mol. The zero-order chi connectivity index (χ0) is 17.4. The van der Waals surface area contributed by atoms with Crippen LogP contribution in [-0.2, 0) is 0 Å². The zero-order valence-corrected chi connectivity index (χ0v) is 12.3. The van der Waals surface area contributed by atoms with Crippen molar-refractivity contribution in [1.82, 2.24) is 15.0 Å². The number of carboxylic acids is 1. The van der Waals surface area contributed by atoms with Crippen LogP contribution in [0.2, 0.25) is 0 Å². The van der Waals surface area contributed by atoms with Gasteiger partial charge in [-0.3, -0.25) is 0 Å². The fraction of sp³-hybridized carbons (Fsp3) is 0.0625. The molecule has 3 rings (SSSR count). The van der Waals surface area contributed by atoms with Gasteiger partial charge in [0.25, 0.3) is 0 Å². The lowest BCUT2D eigenvalue weighted by molar-refractivity contribution is 0.0691. The van der Waals surface area contributed by atoms with Crippen LogP contribution in [-0.4, -0.2) is 26.1 Å². The molecule has 3 aromatic rings. The minimum atomic E-state index is -1.62. The van der Waals surface area contributed by atoms with E-state index in [9.17, 15) is 23.1 Å². The van der Waals surface area contributed by atoms with Gasteiger partial charge in [0.2, 0.25) is 0 Å². The van der Waals surface area contributed by atoms with Gasteiger partial charge in [-0.25, -0.2) is 22.6 Å². The molecular weight excluding hydrogens is 323 g/mol. The van der Waals surface area contributed by atoms with E-state index in [1.165, 1.54) is 0 Å². The highest BCUT2D eigenvalue weighted by Crippen LogP contribution is 2.27. The molecule has 0 aliphatic rings. The first-order chi connectivity index (χ1) is 11.4. The summed E-state index contributed by atoms with van der Waals surface area (Å²) in [4.78, 5) is 11.4. The Bertz CT molecular complexity index is 930. The highest BCUT2D eigenvalue weighted by atomic mass is 19.2. The molecule has 0 bridgehead atoms. The third kappa shape index (κ3) is 2.62. The maximum absolute atomic E-state index is 13.5. The highest BCUT2D eigenvalue weighted by Gasteiger charge is 2.23. The molecule has 0 saturated carbocycles. The number of aromatic nitrogens is 3. The lowest BCUT2D eigenvalue weighted by Gasteiger charge is -2.09. The van der Waals surface area contributed by atoms with Gasteiger partial charge in [-0.1, -0.05) is 29.0 Å². The van der Waals surface area contributed by atoms with E-state index < -0.39 is 23.4 Å². The normalized spacial score (nSPS) is 10.8. The Hall–Kier alpha value is -3.16. The molecule has 122 valence electrons. The Morgan fingerprint density at radius 2 is 1.79 bits per heavy atom. The van der Waals surface area contributed by atoms with Crippen LogP contribution >= 0.6 is 0 Å². The minimum Gasteiger partial charge on any atom is -0.476 e. The fourth-order valence-electron chi connectivity index (χ4n) is 2.32. The Labute approximate surface area is 134 Å². The van der Waals surface area contributed by atoms with E-state index in [-0.39, 0.29) is 17.1 Å². The van der Waals surface area contributed by atoms with Crippen molar-refractivity contribution in [1.29, 1.82) is 0 Å². The molecule has 8 heteroatoms. The number of rotatable bonds is 3. The second kappa shape index (κ2) is 5.80. The summed E-state index contributed by atoms with van der Waals surface area (Å²) >= 11 is 0. The first-order valence-electron chi connectivity index (χ1n) is 6.79. The van der Waals surface area contributed by atoms with E-state index in [1.54, 1.807) is 31.2 Å². The highest BCUT2D eigenvalue weighted by molar-refractivity contribution is 5.93. The number of benzene rings is 2. The number of aryl methyl sites for hydroxylation is 1. The van der Waals surface area contributed by atoms with Crippen molar-refractivity contribution in [3.05, 3.63) is 65.1 Å². The number of halogens is 3. The molecule has 24 heavy (non-hydrogen) atoms. The van der Waals surface area contributed by atoms with E-state index in [1.807, 2.05) is 0 Å². The number of hydrogen-bond donors (Lipinski definition) is 1. The van der Waals surface area contributed by atoms with Gasteiger partial charge in [0.15, 0.2) is 23.1 Å². The van der Waals surface area contributed by atoms with Crippen LogP contribution in [0.1, 0.15) is 16.1 Å². The van der Waals surface area contributed by atoms with Crippen LogP contribution in [0.4, 0.5) is 13.2 Å². The summed E-state index contributed by atoms with van der Waals surface area (Å²) in [5, 5.41) is 16.5. The van der Waals surface area contributed by atoms with Crippen molar-refractivity contribution in [3.63, 3.8) is 0 Å². The first-order valence-corrected chi connectivity index (χ1v) is 6.79. The second-order valence-corrected chi connectivity index (χ2v) is 5.10. The molecule has 0 radical (unpaired) electrons. The third-order valence-electron chi connectivity index (χ3n) is 3.38. The summed E-state index contributed by atoms with van der Waals surface area (Å²) in [5.74, 6) is -5.78. The smallest absolute Gasteiger partial charge is 0.358 e. The fourth-order valence-corrected chi connectivity index (χ4v) is 2.32. The van der Waals surface area contributed by atoms with E-state index >= 15 is 0 Å². The number of aromatic carboxylic acids is 1. The minimum absolute atomic E-state index is 0.0385. The Morgan fingerprint density at radius 3 is 2.38 bits per heavy atom. The zero-order valence-electron chi connectivity index (χ0n) is 12.3. The molecule has 2 aromatic carbocycles. The van der Waals surface area contributed by atoms with Gasteiger partial charge in [-0.15, -0.1) is 5.10 Å². The molecule has 5 nitrogen and oxygen atoms in total. The Morgan fingerprint density at radius 1 is 1.12 bits per heavy atom. The van der Waals surface area contributed by atoms with Crippen LogP contribution in [0.15, 0.2) is 36.4 Å². The molecule has 0 spiro atoms. The summed E-state index contributed by atoms with van der Waals surface area (Å²) in [6.07, 6.45) is 0. The largest absolute Gasteiger partial charge is 0.476 e. The van der Waals surface area contributed by atoms with Crippen molar-refractivity contribution in [2.24, 2.45) is 0 Å². The molecule has 1 N–H and O–H groups in total. The first kappa shape index (κ1) is 15.7. The van der Waals surface area contributed by atoms with E-state index in [0.717, 1.165) is 22.4 Å². The van der Waals surface area contributed by atoms with Crippen LogP contribution in [0.25, 0.3) is 16.9 Å². The molecule has 0 aliphatic carbocycles. The van der Waals surface area contributed by atoms with Gasteiger partial charge in [0.05, 0.1) is 5.69 Å². The van der Waals surface area contributed by atoms with Gasteiger partial charge in [-0.2, -0.15) is 0 Å². The average molecular weight is 333 g/mol. The molecule has 0 aliphatic heterocycles. The summed E-state index contributed by atoms with van der Waals surface area (Å²) in [6, 6.07) is 8.23. The van der Waals surface area contributed by atoms with Gasteiger partial charge >= 0.3 is 5.97 Å². The van der Waals surface area contributed by atoms with Crippen molar-refractivity contribution in [3.8, 4) is 16.9 Å². The van der Waals surface area contributed by atoms with Gasteiger partial charge in [0.1, 0.15) is 5.69 Å².